The predicted molar refractivity (Wildman–Crippen MR) is 74.7 cm³/mol. The molecule has 0 spiro atoms. The Hall–Kier alpha value is -2.31. The highest BCUT2D eigenvalue weighted by Crippen LogP contribution is 2.30. The SMILES string of the molecule is COC(=O)c1ccc2c(n1)N(C(=O)OC(C)(C)C)CCO2. The lowest BCUT2D eigenvalue weighted by atomic mass is 10.2. The minimum atomic E-state index is -0.616. The van der Waals surface area contributed by atoms with E-state index in [0.717, 1.165) is 0 Å². The number of anilines is 1. The first-order chi connectivity index (χ1) is 9.81. The van der Waals surface area contributed by atoms with E-state index >= 15 is 0 Å². The van der Waals surface area contributed by atoms with Gasteiger partial charge in [-0.1, -0.05) is 0 Å². The number of aromatic nitrogens is 1. The van der Waals surface area contributed by atoms with E-state index in [9.17, 15) is 9.59 Å². The summed E-state index contributed by atoms with van der Waals surface area (Å²) in [7, 11) is 1.27. The summed E-state index contributed by atoms with van der Waals surface area (Å²) in [6.45, 7) is 5.99. The van der Waals surface area contributed by atoms with Crippen LogP contribution < -0.4 is 9.64 Å². The number of fused-ring (bicyclic) bond motifs is 1. The van der Waals surface area contributed by atoms with Crippen LogP contribution in [0.5, 0.6) is 5.75 Å². The standard InChI is InChI=1S/C14H18N2O5/c1-14(2,3)21-13(18)16-7-8-20-10-6-5-9(12(17)19-4)15-11(10)16/h5-6H,7-8H2,1-4H3. The smallest absolute Gasteiger partial charge is 0.416 e. The van der Waals surface area contributed by atoms with Crippen molar-refractivity contribution in [3.8, 4) is 5.75 Å². The molecule has 0 unspecified atom stereocenters. The van der Waals surface area contributed by atoms with Crippen molar-refractivity contribution in [3.05, 3.63) is 17.8 Å². The summed E-state index contributed by atoms with van der Waals surface area (Å²) in [6.07, 6.45) is -0.526. The molecule has 0 fully saturated rings. The molecule has 2 heterocycles. The molecule has 0 saturated heterocycles. The molecule has 0 bridgehead atoms. The van der Waals surface area contributed by atoms with Crippen molar-refractivity contribution in [2.75, 3.05) is 25.2 Å². The summed E-state index contributed by atoms with van der Waals surface area (Å²) < 4.78 is 15.4. The second kappa shape index (κ2) is 5.59. The molecule has 2 rings (SSSR count). The molecule has 1 aromatic rings. The van der Waals surface area contributed by atoms with Crippen LogP contribution in [0.25, 0.3) is 0 Å². The molecule has 1 aliphatic heterocycles. The molecule has 0 saturated carbocycles. The third-order valence-electron chi connectivity index (χ3n) is 2.68. The van der Waals surface area contributed by atoms with Crippen molar-refractivity contribution in [3.63, 3.8) is 0 Å². The number of rotatable bonds is 1. The van der Waals surface area contributed by atoms with Crippen molar-refractivity contribution < 1.29 is 23.8 Å². The van der Waals surface area contributed by atoms with Gasteiger partial charge in [0.05, 0.1) is 13.7 Å². The number of methoxy groups -OCH3 is 1. The fraction of sp³-hybridized carbons (Fsp3) is 0.500. The largest absolute Gasteiger partial charge is 0.488 e. The Kier molecular flexibility index (Phi) is 4.02. The number of hydrogen-bond donors (Lipinski definition) is 0. The van der Waals surface area contributed by atoms with Crippen molar-refractivity contribution in [1.82, 2.24) is 4.98 Å². The molecule has 0 aliphatic carbocycles. The van der Waals surface area contributed by atoms with Gasteiger partial charge in [0.15, 0.2) is 17.3 Å². The van der Waals surface area contributed by atoms with E-state index in [-0.39, 0.29) is 11.5 Å². The maximum Gasteiger partial charge on any atom is 0.416 e. The third-order valence-corrected chi connectivity index (χ3v) is 2.68. The van der Waals surface area contributed by atoms with Crippen LogP contribution in [0.4, 0.5) is 10.6 Å². The molecule has 7 nitrogen and oxygen atoms in total. The Labute approximate surface area is 122 Å². The van der Waals surface area contributed by atoms with Crippen LogP contribution in [0.3, 0.4) is 0 Å². The van der Waals surface area contributed by atoms with Gasteiger partial charge in [-0.25, -0.2) is 14.6 Å². The van der Waals surface area contributed by atoms with Crippen LogP contribution in [-0.4, -0.2) is 42.9 Å². The maximum atomic E-state index is 12.2. The molecular formula is C14H18N2O5. The number of carbonyl (C=O) groups excluding carboxylic acids is 2. The fourth-order valence-electron chi connectivity index (χ4n) is 1.81. The highest BCUT2D eigenvalue weighted by atomic mass is 16.6. The van der Waals surface area contributed by atoms with Crippen LogP contribution in [0.15, 0.2) is 12.1 Å². The number of ether oxygens (including phenoxy) is 3. The van der Waals surface area contributed by atoms with E-state index in [1.807, 2.05) is 0 Å². The summed E-state index contributed by atoms with van der Waals surface area (Å²) in [5.74, 6) is 0.116. The number of nitrogens with zero attached hydrogens (tertiary/aromatic N) is 2. The average molecular weight is 294 g/mol. The number of hydrogen-bond acceptors (Lipinski definition) is 6. The zero-order chi connectivity index (χ0) is 15.6. The molecule has 0 atom stereocenters. The van der Waals surface area contributed by atoms with Crippen molar-refractivity contribution in [1.29, 1.82) is 0 Å². The predicted octanol–water partition coefficient (Wildman–Crippen LogP) is 2.00. The average Bonchev–Trinajstić information content (AvgIpc) is 2.43. The van der Waals surface area contributed by atoms with E-state index < -0.39 is 17.7 Å². The van der Waals surface area contributed by atoms with Gasteiger partial charge in [-0.05, 0) is 32.9 Å². The van der Waals surface area contributed by atoms with E-state index in [2.05, 4.69) is 9.72 Å². The first kappa shape index (κ1) is 15.1. The van der Waals surface area contributed by atoms with Gasteiger partial charge >= 0.3 is 12.1 Å². The summed E-state index contributed by atoms with van der Waals surface area (Å²) in [6, 6.07) is 3.08. The molecule has 0 N–H and O–H groups in total. The van der Waals surface area contributed by atoms with Gasteiger partial charge in [-0.15, -0.1) is 0 Å². The summed E-state index contributed by atoms with van der Waals surface area (Å²) in [5.41, 5.74) is -0.509. The molecule has 0 aromatic carbocycles. The highest BCUT2D eigenvalue weighted by Gasteiger charge is 2.30. The van der Waals surface area contributed by atoms with E-state index in [1.54, 1.807) is 26.8 Å². The first-order valence-corrected chi connectivity index (χ1v) is 6.54. The molecule has 1 amide bonds. The zero-order valence-corrected chi connectivity index (χ0v) is 12.5. The number of pyridine rings is 1. The molecular weight excluding hydrogens is 276 g/mol. The van der Waals surface area contributed by atoms with Gasteiger partial charge in [-0.3, -0.25) is 4.90 Å². The van der Waals surface area contributed by atoms with Crippen LogP contribution in [0, 0.1) is 0 Å². The monoisotopic (exact) mass is 294 g/mol. The summed E-state index contributed by atoms with van der Waals surface area (Å²) in [5, 5.41) is 0. The lowest BCUT2D eigenvalue weighted by molar-refractivity contribution is 0.0556. The van der Waals surface area contributed by atoms with Gasteiger partial charge in [0.2, 0.25) is 0 Å². The van der Waals surface area contributed by atoms with Crippen molar-refractivity contribution in [2.45, 2.75) is 26.4 Å². The molecule has 114 valence electrons. The topological polar surface area (TPSA) is 78.0 Å². The van der Waals surface area contributed by atoms with Gasteiger partial charge in [0.25, 0.3) is 0 Å². The minimum Gasteiger partial charge on any atom is -0.488 e. The molecule has 7 heteroatoms. The van der Waals surface area contributed by atoms with E-state index in [1.165, 1.54) is 18.1 Å². The molecule has 1 aliphatic rings. The van der Waals surface area contributed by atoms with E-state index in [4.69, 9.17) is 9.47 Å². The zero-order valence-electron chi connectivity index (χ0n) is 12.5. The number of esters is 1. The Morgan fingerprint density at radius 1 is 1.33 bits per heavy atom. The second-order valence-corrected chi connectivity index (χ2v) is 5.49. The lowest BCUT2D eigenvalue weighted by Gasteiger charge is -2.30. The van der Waals surface area contributed by atoms with E-state index in [0.29, 0.717) is 18.9 Å². The van der Waals surface area contributed by atoms with Gasteiger partial charge in [0.1, 0.15) is 12.2 Å². The minimum absolute atomic E-state index is 0.107. The quantitative estimate of drug-likeness (QED) is 0.737. The Bertz CT molecular complexity index is 565. The Balaban J connectivity index is 2.33. The second-order valence-electron chi connectivity index (χ2n) is 5.49. The summed E-state index contributed by atoms with van der Waals surface area (Å²) in [4.78, 5) is 29.3. The third kappa shape index (κ3) is 3.42. The Morgan fingerprint density at radius 2 is 2.05 bits per heavy atom. The molecule has 21 heavy (non-hydrogen) atoms. The van der Waals surface area contributed by atoms with Crippen LogP contribution in [-0.2, 0) is 9.47 Å². The van der Waals surface area contributed by atoms with Gasteiger partial charge in [0, 0.05) is 0 Å². The van der Waals surface area contributed by atoms with Crippen LogP contribution >= 0.6 is 0 Å². The van der Waals surface area contributed by atoms with Crippen molar-refractivity contribution >= 4 is 17.9 Å². The van der Waals surface area contributed by atoms with Crippen LogP contribution in [0.1, 0.15) is 31.3 Å². The fourth-order valence-corrected chi connectivity index (χ4v) is 1.81. The Morgan fingerprint density at radius 3 is 2.67 bits per heavy atom. The maximum absolute atomic E-state index is 12.2. The molecule has 1 aromatic heterocycles. The highest BCUT2D eigenvalue weighted by molar-refractivity contribution is 5.92. The lowest BCUT2D eigenvalue weighted by Crippen LogP contribution is -2.42. The first-order valence-electron chi connectivity index (χ1n) is 6.54. The normalized spacial score (nSPS) is 14.0. The number of amides is 1. The van der Waals surface area contributed by atoms with Gasteiger partial charge < -0.3 is 14.2 Å². The summed E-state index contributed by atoms with van der Waals surface area (Å²) >= 11 is 0. The number of carbonyl (C=O) groups is 2. The molecule has 0 radical (unpaired) electrons. The van der Waals surface area contributed by atoms with Crippen molar-refractivity contribution in [2.24, 2.45) is 0 Å². The van der Waals surface area contributed by atoms with Gasteiger partial charge in [-0.2, -0.15) is 0 Å². The van der Waals surface area contributed by atoms with Crippen LogP contribution in [0.2, 0.25) is 0 Å².